The zero-order valence-electron chi connectivity index (χ0n) is 20.6. The van der Waals surface area contributed by atoms with Crippen molar-refractivity contribution in [3.05, 3.63) is 59.8 Å². The molecule has 0 spiro atoms. The summed E-state index contributed by atoms with van der Waals surface area (Å²) >= 11 is 0. The Labute approximate surface area is 205 Å². The second kappa shape index (κ2) is 9.65. The summed E-state index contributed by atoms with van der Waals surface area (Å²) in [4.78, 5) is 0. The molecule has 3 nitrogen and oxygen atoms in total. The van der Waals surface area contributed by atoms with E-state index >= 15 is 0 Å². The summed E-state index contributed by atoms with van der Waals surface area (Å²) in [7, 11) is -1.75. The van der Waals surface area contributed by atoms with E-state index in [9.17, 15) is 26.2 Å². The molecule has 0 aliphatic carbocycles. The van der Waals surface area contributed by atoms with Gasteiger partial charge in [0, 0.05) is 29.2 Å². The third kappa shape index (κ3) is 6.30. The van der Waals surface area contributed by atoms with Gasteiger partial charge in [-0.05, 0) is 49.4 Å². The Balaban J connectivity index is 2.22. The SMILES string of the molecule is CC(C)(C)Cn1cc([C@H](NS(=O)C(C)(C)C)C(F)F)c2ccc(-c3ccccc3C(F)(F)F)cc21. The van der Waals surface area contributed by atoms with Gasteiger partial charge in [0.15, 0.2) is 0 Å². The topological polar surface area (TPSA) is 34.0 Å². The van der Waals surface area contributed by atoms with Crippen molar-refractivity contribution in [1.82, 2.24) is 9.29 Å². The lowest BCUT2D eigenvalue weighted by Gasteiger charge is -2.24. The van der Waals surface area contributed by atoms with Crippen LogP contribution in [0, 0.1) is 5.41 Å². The van der Waals surface area contributed by atoms with E-state index in [4.69, 9.17) is 0 Å². The number of alkyl halides is 5. The fraction of sp³-hybridized carbons (Fsp3) is 0.462. The van der Waals surface area contributed by atoms with Crippen molar-refractivity contribution in [2.45, 2.75) is 71.5 Å². The van der Waals surface area contributed by atoms with Gasteiger partial charge in [0.2, 0.25) is 0 Å². The van der Waals surface area contributed by atoms with Gasteiger partial charge in [0.25, 0.3) is 6.43 Å². The Morgan fingerprint density at radius 3 is 2.14 bits per heavy atom. The number of benzene rings is 2. The number of rotatable bonds is 6. The van der Waals surface area contributed by atoms with E-state index in [-0.39, 0.29) is 16.5 Å². The first-order valence-electron chi connectivity index (χ1n) is 11.2. The molecule has 1 heterocycles. The largest absolute Gasteiger partial charge is 0.417 e. The fourth-order valence-corrected chi connectivity index (χ4v) is 4.72. The molecule has 2 atom stereocenters. The van der Waals surface area contributed by atoms with Gasteiger partial charge in [0.05, 0.1) is 21.3 Å². The van der Waals surface area contributed by atoms with E-state index < -0.39 is 39.9 Å². The van der Waals surface area contributed by atoms with Crippen molar-refractivity contribution >= 4 is 21.9 Å². The molecule has 0 bridgehead atoms. The Hall–Kier alpha value is -2.26. The average molecular weight is 515 g/mol. The highest BCUT2D eigenvalue weighted by Crippen LogP contribution is 2.39. The van der Waals surface area contributed by atoms with Crippen LogP contribution in [0.2, 0.25) is 0 Å². The van der Waals surface area contributed by atoms with Crippen molar-refractivity contribution < 1.29 is 26.2 Å². The van der Waals surface area contributed by atoms with Gasteiger partial charge in [0.1, 0.15) is 6.04 Å². The second-order valence-corrected chi connectivity index (χ2v) is 12.9. The number of fused-ring (bicyclic) bond motifs is 1. The minimum atomic E-state index is -4.54. The number of hydrogen-bond acceptors (Lipinski definition) is 1. The monoisotopic (exact) mass is 514 g/mol. The summed E-state index contributed by atoms with van der Waals surface area (Å²) in [5.74, 6) is 0. The maximum atomic E-state index is 14.2. The van der Waals surface area contributed by atoms with E-state index in [1.54, 1.807) is 43.7 Å². The quantitative estimate of drug-likeness (QED) is 0.336. The van der Waals surface area contributed by atoms with Crippen LogP contribution in [0.1, 0.15) is 58.7 Å². The first kappa shape index (κ1) is 27.3. The molecule has 9 heteroatoms. The van der Waals surface area contributed by atoms with Crippen molar-refractivity contribution in [3.8, 4) is 11.1 Å². The van der Waals surface area contributed by atoms with E-state index in [0.717, 1.165) is 6.07 Å². The minimum Gasteiger partial charge on any atom is -0.347 e. The van der Waals surface area contributed by atoms with Crippen LogP contribution >= 0.6 is 0 Å². The highest BCUT2D eigenvalue weighted by atomic mass is 32.2. The van der Waals surface area contributed by atoms with Gasteiger partial charge < -0.3 is 4.57 Å². The normalized spacial score (nSPS) is 15.1. The Morgan fingerprint density at radius 1 is 0.971 bits per heavy atom. The van der Waals surface area contributed by atoms with E-state index in [1.165, 1.54) is 24.3 Å². The van der Waals surface area contributed by atoms with Crippen LogP contribution in [0.5, 0.6) is 0 Å². The third-order valence-electron chi connectivity index (χ3n) is 5.48. The van der Waals surface area contributed by atoms with Gasteiger partial charge in [-0.3, -0.25) is 0 Å². The molecule has 2 aromatic carbocycles. The van der Waals surface area contributed by atoms with Gasteiger partial charge in [-0.1, -0.05) is 51.1 Å². The molecule has 3 aromatic rings. The number of nitrogens with one attached hydrogen (secondary N) is 1. The van der Waals surface area contributed by atoms with E-state index in [2.05, 4.69) is 4.72 Å². The van der Waals surface area contributed by atoms with Gasteiger partial charge >= 0.3 is 6.18 Å². The molecule has 3 rings (SSSR count). The first-order valence-corrected chi connectivity index (χ1v) is 12.4. The van der Waals surface area contributed by atoms with Crippen molar-refractivity contribution in [2.24, 2.45) is 5.41 Å². The number of nitrogens with zero attached hydrogens (tertiary/aromatic N) is 1. The van der Waals surface area contributed by atoms with Crippen molar-refractivity contribution in [2.75, 3.05) is 0 Å². The molecule has 35 heavy (non-hydrogen) atoms. The molecule has 0 aliphatic heterocycles. The summed E-state index contributed by atoms with van der Waals surface area (Å²) in [5.41, 5.74) is 0.159. The maximum absolute atomic E-state index is 14.2. The molecule has 0 fully saturated rings. The molecule has 1 N–H and O–H groups in total. The fourth-order valence-electron chi connectivity index (χ4n) is 3.90. The molecule has 0 saturated carbocycles. The molecule has 0 aliphatic rings. The summed E-state index contributed by atoms with van der Waals surface area (Å²) < 4.78 is 85.6. The zero-order valence-corrected chi connectivity index (χ0v) is 21.5. The Bertz CT molecular complexity index is 1220. The van der Waals surface area contributed by atoms with Gasteiger partial charge in [-0.15, -0.1) is 0 Å². The highest BCUT2D eigenvalue weighted by Gasteiger charge is 2.34. The van der Waals surface area contributed by atoms with Crippen LogP contribution in [-0.4, -0.2) is 19.9 Å². The average Bonchev–Trinajstić information content (AvgIpc) is 3.06. The van der Waals surface area contributed by atoms with Gasteiger partial charge in [-0.25, -0.2) is 17.7 Å². The molecule has 0 amide bonds. The summed E-state index contributed by atoms with van der Waals surface area (Å²) in [6.07, 6.45) is -5.79. The smallest absolute Gasteiger partial charge is 0.347 e. The highest BCUT2D eigenvalue weighted by molar-refractivity contribution is 7.84. The van der Waals surface area contributed by atoms with Crippen molar-refractivity contribution in [1.29, 1.82) is 0 Å². The summed E-state index contributed by atoms with van der Waals surface area (Å²) in [6.45, 7) is 11.5. The molecule has 1 aromatic heterocycles. The standard InChI is InChI=1S/C26H31F5N2OS/c1-24(2,3)15-33-14-19(22(23(27)28)32-35(34)25(4,5)6)18-12-11-16(13-21(18)33)17-9-7-8-10-20(17)26(29,30)31/h7-14,22-23,32H,15H2,1-6H3/t22-,35?/m0/s1. The Kier molecular flexibility index (Phi) is 7.54. The number of aromatic nitrogens is 1. The number of hydrogen-bond donors (Lipinski definition) is 1. The van der Waals surface area contributed by atoms with Crippen LogP contribution in [0.15, 0.2) is 48.7 Å². The number of halogens is 5. The van der Waals surface area contributed by atoms with Crippen LogP contribution in [0.3, 0.4) is 0 Å². The van der Waals surface area contributed by atoms with E-state index in [1.807, 2.05) is 20.8 Å². The minimum absolute atomic E-state index is 0.0179. The predicted octanol–water partition coefficient (Wildman–Crippen LogP) is 7.73. The molecule has 1 unspecified atom stereocenters. The van der Waals surface area contributed by atoms with Crippen molar-refractivity contribution in [3.63, 3.8) is 0 Å². The maximum Gasteiger partial charge on any atom is 0.417 e. The summed E-state index contributed by atoms with van der Waals surface area (Å²) in [5, 5.41) is 0.478. The molecule has 0 radical (unpaired) electrons. The van der Waals surface area contributed by atoms with Crippen LogP contribution in [0.25, 0.3) is 22.0 Å². The van der Waals surface area contributed by atoms with E-state index in [0.29, 0.717) is 23.0 Å². The zero-order chi connectivity index (χ0) is 26.3. The lowest BCUT2D eigenvalue weighted by Crippen LogP contribution is -2.38. The van der Waals surface area contributed by atoms with Crippen LogP contribution < -0.4 is 4.72 Å². The van der Waals surface area contributed by atoms with Gasteiger partial charge in [-0.2, -0.15) is 13.2 Å². The first-order chi connectivity index (χ1) is 16.0. The Morgan fingerprint density at radius 2 is 1.60 bits per heavy atom. The second-order valence-electron chi connectivity index (χ2n) is 10.9. The lowest BCUT2D eigenvalue weighted by molar-refractivity contribution is -0.137. The lowest BCUT2D eigenvalue weighted by atomic mass is 9.96. The summed E-state index contributed by atoms with van der Waals surface area (Å²) in [6, 6.07) is 8.48. The predicted molar refractivity (Wildman–Crippen MR) is 132 cm³/mol. The molecular formula is C26H31F5N2OS. The molecular weight excluding hydrogens is 483 g/mol. The molecule has 0 saturated heterocycles. The van der Waals surface area contributed by atoms with Crippen LogP contribution in [0.4, 0.5) is 22.0 Å². The van der Waals surface area contributed by atoms with Crippen LogP contribution in [-0.2, 0) is 23.7 Å². The third-order valence-corrected chi connectivity index (χ3v) is 7.06. The molecule has 192 valence electrons.